The number of esters is 2. The van der Waals surface area contributed by atoms with Crippen LogP contribution in [-0.4, -0.2) is 101 Å². The predicted molar refractivity (Wildman–Crippen MR) is 188 cm³/mol. The van der Waals surface area contributed by atoms with E-state index in [0.717, 1.165) is 11.1 Å². The van der Waals surface area contributed by atoms with Crippen molar-refractivity contribution in [2.24, 2.45) is 0 Å². The third kappa shape index (κ3) is 6.01. The number of aromatic hydroxyl groups is 1. The van der Waals surface area contributed by atoms with E-state index in [1.807, 2.05) is 20.0 Å². The van der Waals surface area contributed by atoms with Gasteiger partial charge in [0, 0.05) is 47.0 Å². The molecule has 14 nitrogen and oxygen atoms in total. The van der Waals surface area contributed by atoms with Gasteiger partial charge in [0.25, 0.3) is 0 Å². The van der Waals surface area contributed by atoms with Crippen LogP contribution in [0.25, 0.3) is 0 Å². The number of likely N-dealkylation sites (N-methyl/N-ethyl adjacent to an activating group) is 1. The van der Waals surface area contributed by atoms with Gasteiger partial charge in [-0.25, -0.2) is 9.59 Å². The molecule has 5 aliphatic rings. The van der Waals surface area contributed by atoms with Crippen molar-refractivity contribution >= 4 is 64.6 Å². The standard InChI is InChI=1S/C34H35Cl3N4O10S/c1-13-6-16-7-18-19(8-38)41-20-9-47-32(44)17(39-33(45)48-11-34(35,36)37)10-52-31(25(41)24(40(18)4)21(16)26(43)27(13)46-5)23-22(20)30-29(49-12-50-30)14(2)28(23)51-15(3)42/h6,17-20,24-25,31,43H,7,9-12H2,1-5H3,(H,39,45)/t17-,18+,19-,20-,24-,25+,31?/m0/s1. The summed E-state index contributed by atoms with van der Waals surface area (Å²) < 4.78 is 32.8. The van der Waals surface area contributed by atoms with Gasteiger partial charge in [0.1, 0.15) is 31.0 Å². The van der Waals surface area contributed by atoms with Crippen LogP contribution in [0.4, 0.5) is 4.79 Å². The number of phenols is 1. The summed E-state index contributed by atoms with van der Waals surface area (Å²) in [4.78, 5) is 43.4. The van der Waals surface area contributed by atoms with Crippen LogP contribution in [0.2, 0.25) is 0 Å². The largest absolute Gasteiger partial charge is 0.504 e. The summed E-state index contributed by atoms with van der Waals surface area (Å²) in [6, 6.07) is 0.309. The molecule has 4 bridgehead atoms. The number of benzene rings is 2. The molecule has 7 atom stereocenters. The topological polar surface area (TPSA) is 169 Å². The molecule has 2 aromatic carbocycles. The lowest BCUT2D eigenvalue weighted by Crippen LogP contribution is -2.69. The number of nitrogens with zero attached hydrogens (tertiary/aromatic N) is 3. The number of methoxy groups -OCH3 is 1. The minimum atomic E-state index is -1.88. The van der Waals surface area contributed by atoms with Crippen molar-refractivity contribution in [1.82, 2.24) is 15.1 Å². The Morgan fingerprint density at radius 1 is 1.15 bits per heavy atom. The van der Waals surface area contributed by atoms with E-state index in [1.165, 1.54) is 25.8 Å². The Morgan fingerprint density at radius 2 is 1.88 bits per heavy atom. The molecule has 1 amide bonds. The smallest absolute Gasteiger partial charge is 0.408 e. The van der Waals surface area contributed by atoms with Crippen molar-refractivity contribution in [2.45, 2.75) is 72.5 Å². The third-order valence-corrected chi connectivity index (χ3v) is 12.0. The summed E-state index contributed by atoms with van der Waals surface area (Å²) in [6.07, 6.45) is -0.553. The number of fused-ring (bicyclic) bond motifs is 9. The Balaban J connectivity index is 1.45. The van der Waals surface area contributed by atoms with Crippen LogP contribution >= 0.6 is 46.6 Å². The van der Waals surface area contributed by atoms with E-state index >= 15 is 0 Å². The Kier molecular flexibility index (Phi) is 9.71. The fourth-order valence-corrected chi connectivity index (χ4v) is 10.1. The molecule has 0 aliphatic carbocycles. The van der Waals surface area contributed by atoms with Crippen molar-refractivity contribution in [3.8, 4) is 34.8 Å². The fourth-order valence-electron chi connectivity index (χ4n) is 8.40. The van der Waals surface area contributed by atoms with E-state index in [4.69, 9.17) is 63.2 Å². The summed E-state index contributed by atoms with van der Waals surface area (Å²) in [6.45, 7) is 3.97. The van der Waals surface area contributed by atoms with Crippen molar-refractivity contribution < 1.29 is 47.9 Å². The van der Waals surface area contributed by atoms with Crippen molar-refractivity contribution in [3.63, 3.8) is 0 Å². The summed E-state index contributed by atoms with van der Waals surface area (Å²) in [5.41, 5.74) is 3.97. The summed E-state index contributed by atoms with van der Waals surface area (Å²) in [5.74, 6) is -0.00818. The molecule has 0 aromatic heterocycles. The van der Waals surface area contributed by atoms with Crippen molar-refractivity contribution in [2.75, 3.05) is 39.9 Å². The Bertz CT molecular complexity index is 1900. The molecule has 0 saturated carbocycles. The van der Waals surface area contributed by atoms with Crippen LogP contribution in [-0.2, 0) is 25.5 Å². The normalized spacial score (nSPS) is 27.7. The number of rotatable bonds is 4. The molecule has 2 N–H and O–H groups in total. The maximum Gasteiger partial charge on any atom is 0.408 e. The van der Waals surface area contributed by atoms with Gasteiger partial charge >= 0.3 is 18.0 Å². The maximum atomic E-state index is 13.7. The van der Waals surface area contributed by atoms with Crippen LogP contribution in [0.15, 0.2) is 6.07 Å². The number of carbonyl (C=O) groups is 3. The summed E-state index contributed by atoms with van der Waals surface area (Å²) >= 11 is 18.6. The molecule has 278 valence electrons. The number of ether oxygens (including phenoxy) is 6. The predicted octanol–water partition coefficient (Wildman–Crippen LogP) is 4.70. The second-order valence-electron chi connectivity index (χ2n) is 13.3. The van der Waals surface area contributed by atoms with Crippen LogP contribution in [0, 0.1) is 25.2 Å². The number of piperazine rings is 1. The minimum absolute atomic E-state index is 0.00825. The highest BCUT2D eigenvalue weighted by atomic mass is 35.6. The molecule has 7 rings (SSSR count). The van der Waals surface area contributed by atoms with Crippen molar-refractivity contribution in [1.29, 1.82) is 5.26 Å². The fraction of sp³-hybridized carbons (Fsp3) is 0.529. The van der Waals surface area contributed by atoms with Gasteiger partial charge in [-0.15, -0.1) is 11.8 Å². The average Bonchev–Trinajstić information content (AvgIpc) is 3.57. The molecular formula is C34H35Cl3N4O10S. The number of alkyl halides is 3. The number of phenolic OH excluding ortho intramolecular Hbond substituents is 1. The van der Waals surface area contributed by atoms with Gasteiger partial charge in [-0.2, -0.15) is 5.26 Å². The first kappa shape index (κ1) is 36.8. The summed E-state index contributed by atoms with van der Waals surface area (Å²) in [5, 5.41) is 24.7. The highest BCUT2D eigenvalue weighted by molar-refractivity contribution is 7.99. The molecule has 5 heterocycles. The summed E-state index contributed by atoms with van der Waals surface area (Å²) in [7, 11) is 3.42. The van der Waals surface area contributed by atoms with E-state index < -0.39 is 63.9 Å². The molecule has 52 heavy (non-hydrogen) atoms. The van der Waals surface area contributed by atoms with Gasteiger partial charge < -0.3 is 38.8 Å². The molecular weight excluding hydrogens is 763 g/mol. The van der Waals surface area contributed by atoms with E-state index in [2.05, 4.69) is 21.2 Å². The lowest BCUT2D eigenvalue weighted by atomic mass is 9.71. The van der Waals surface area contributed by atoms with Gasteiger partial charge in [0.2, 0.25) is 10.6 Å². The molecule has 0 radical (unpaired) electrons. The second kappa shape index (κ2) is 13.7. The van der Waals surface area contributed by atoms with Crippen LogP contribution in [0.3, 0.4) is 0 Å². The molecule has 2 saturated heterocycles. The number of thioether (sulfide) groups is 1. The van der Waals surface area contributed by atoms with Crippen LogP contribution in [0.5, 0.6) is 28.7 Å². The monoisotopic (exact) mass is 796 g/mol. The molecule has 1 unspecified atom stereocenters. The van der Waals surface area contributed by atoms with E-state index in [9.17, 15) is 24.8 Å². The molecule has 2 aromatic rings. The lowest BCUT2D eigenvalue weighted by molar-refractivity contribution is -0.151. The van der Waals surface area contributed by atoms with E-state index in [1.54, 1.807) is 6.92 Å². The third-order valence-electron chi connectivity index (χ3n) is 10.3. The SMILES string of the molecule is COc1c(C)cc2c(c1O)[C@H]1[C@@H]3C4SC[C@H](NC(=O)OCC(Cl)(Cl)Cl)C(=O)OC[C@@H](c5c6c(c(C)c(OC(C)=O)c54)OCO6)N3[C@@H](C#N)[C@@H](C2)N1C. The number of aryl methyl sites for hydroxylation is 1. The van der Waals surface area contributed by atoms with Gasteiger partial charge in [-0.3, -0.25) is 14.6 Å². The molecule has 18 heteroatoms. The zero-order valence-electron chi connectivity index (χ0n) is 28.7. The zero-order chi connectivity index (χ0) is 37.4. The zero-order valence-corrected chi connectivity index (χ0v) is 31.7. The minimum Gasteiger partial charge on any atom is -0.504 e. The highest BCUT2D eigenvalue weighted by Crippen LogP contribution is 2.64. The van der Waals surface area contributed by atoms with Crippen LogP contribution in [0.1, 0.15) is 57.6 Å². The highest BCUT2D eigenvalue weighted by Gasteiger charge is 2.60. The number of alkyl carbamates (subject to hydrolysis) is 1. The van der Waals surface area contributed by atoms with Gasteiger partial charge in [0.15, 0.2) is 23.0 Å². The Morgan fingerprint density at radius 3 is 2.56 bits per heavy atom. The first-order valence-electron chi connectivity index (χ1n) is 16.4. The van der Waals surface area contributed by atoms with Gasteiger partial charge in [0.05, 0.1) is 30.5 Å². The quantitative estimate of drug-likeness (QED) is 0.248. The lowest BCUT2D eigenvalue weighted by Gasteiger charge is -2.61. The first-order valence-corrected chi connectivity index (χ1v) is 18.6. The average molecular weight is 798 g/mol. The number of carbonyl (C=O) groups excluding carboxylic acids is 3. The van der Waals surface area contributed by atoms with E-state index in [-0.39, 0.29) is 36.7 Å². The number of halogens is 3. The van der Waals surface area contributed by atoms with Crippen LogP contribution < -0.4 is 24.3 Å². The number of nitriles is 1. The number of hydrogen-bond acceptors (Lipinski definition) is 14. The van der Waals surface area contributed by atoms with Crippen molar-refractivity contribution in [3.05, 3.63) is 39.4 Å². The number of hydrogen-bond donors (Lipinski definition) is 2. The number of amides is 1. The number of cyclic esters (lactones) is 1. The molecule has 5 aliphatic heterocycles. The van der Waals surface area contributed by atoms with Gasteiger partial charge in [-0.05, 0) is 38.4 Å². The Hall–Kier alpha value is -3.52. The maximum absolute atomic E-state index is 13.7. The first-order chi connectivity index (χ1) is 24.7. The number of nitrogens with one attached hydrogen (secondary N) is 1. The van der Waals surface area contributed by atoms with Gasteiger partial charge in [-0.1, -0.05) is 40.9 Å². The second-order valence-corrected chi connectivity index (χ2v) is 17.0. The Labute approximate surface area is 318 Å². The van der Waals surface area contributed by atoms with E-state index in [0.29, 0.717) is 45.9 Å². The molecule has 2 fully saturated rings. The molecule has 0 spiro atoms.